The van der Waals surface area contributed by atoms with E-state index in [4.69, 9.17) is 4.74 Å². The highest BCUT2D eigenvalue weighted by Crippen LogP contribution is 2.14. The minimum Gasteiger partial charge on any atom is -0.497 e. The second kappa shape index (κ2) is 6.19. The number of hydrogen-bond donors (Lipinski definition) is 0. The molecule has 0 saturated heterocycles. The number of aromatic nitrogens is 2. The SMILES string of the molecule is CCn1cc(/C=C/C(=O)c2cccc(OC)c2)c(C)n1. The molecule has 0 aliphatic rings. The maximum Gasteiger partial charge on any atom is 0.185 e. The Hall–Kier alpha value is -2.36. The Morgan fingerprint density at radius 3 is 2.90 bits per heavy atom. The van der Waals surface area contributed by atoms with E-state index in [0.29, 0.717) is 11.3 Å². The fourth-order valence-corrected chi connectivity index (χ4v) is 1.90. The van der Waals surface area contributed by atoms with Gasteiger partial charge < -0.3 is 4.74 Å². The van der Waals surface area contributed by atoms with Crippen LogP contribution in [0.4, 0.5) is 0 Å². The summed E-state index contributed by atoms with van der Waals surface area (Å²) in [6.07, 6.45) is 5.31. The van der Waals surface area contributed by atoms with Crippen molar-refractivity contribution in [2.45, 2.75) is 20.4 Å². The Balaban J connectivity index is 2.17. The summed E-state index contributed by atoms with van der Waals surface area (Å²) in [5, 5.41) is 4.34. The minimum absolute atomic E-state index is 0.0486. The topological polar surface area (TPSA) is 44.1 Å². The summed E-state index contributed by atoms with van der Waals surface area (Å²) in [7, 11) is 1.59. The van der Waals surface area contributed by atoms with Crippen LogP contribution < -0.4 is 4.74 Å². The van der Waals surface area contributed by atoms with Gasteiger partial charge >= 0.3 is 0 Å². The molecule has 0 aliphatic heterocycles. The Labute approximate surface area is 118 Å². The van der Waals surface area contributed by atoms with Crippen molar-refractivity contribution in [3.63, 3.8) is 0 Å². The quantitative estimate of drug-likeness (QED) is 0.619. The zero-order chi connectivity index (χ0) is 14.5. The van der Waals surface area contributed by atoms with Crippen LogP contribution >= 0.6 is 0 Å². The van der Waals surface area contributed by atoms with Crippen molar-refractivity contribution < 1.29 is 9.53 Å². The fraction of sp³-hybridized carbons (Fsp3) is 0.250. The summed E-state index contributed by atoms with van der Waals surface area (Å²) in [4.78, 5) is 12.1. The van der Waals surface area contributed by atoms with Gasteiger partial charge in [0.1, 0.15) is 5.75 Å². The molecular formula is C16H18N2O2. The van der Waals surface area contributed by atoms with Crippen LogP contribution in [-0.2, 0) is 6.54 Å². The van der Waals surface area contributed by atoms with Crippen LogP contribution in [-0.4, -0.2) is 22.7 Å². The molecule has 0 spiro atoms. The second-order valence-corrected chi connectivity index (χ2v) is 4.46. The van der Waals surface area contributed by atoms with Gasteiger partial charge in [-0.15, -0.1) is 0 Å². The van der Waals surface area contributed by atoms with Gasteiger partial charge in [0.2, 0.25) is 0 Å². The summed E-state index contributed by atoms with van der Waals surface area (Å²) in [5.41, 5.74) is 2.49. The lowest BCUT2D eigenvalue weighted by Gasteiger charge is -2.00. The van der Waals surface area contributed by atoms with Crippen molar-refractivity contribution in [3.8, 4) is 5.75 Å². The van der Waals surface area contributed by atoms with Gasteiger partial charge in [-0.1, -0.05) is 12.1 Å². The van der Waals surface area contributed by atoms with E-state index >= 15 is 0 Å². The number of nitrogens with zero attached hydrogens (tertiary/aromatic N) is 2. The van der Waals surface area contributed by atoms with Crippen molar-refractivity contribution >= 4 is 11.9 Å². The average Bonchev–Trinajstić information content (AvgIpc) is 2.85. The first-order chi connectivity index (χ1) is 9.63. The number of hydrogen-bond acceptors (Lipinski definition) is 3. The van der Waals surface area contributed by atoms with E-state index in [-0.39, 0.29) is 5.78 Å². The molecule has 4 heteroatoms. The molecule has 2 aromatic rings. The Morgan fingerprint density at radius 1 is 1.45 bits per heavy atom. The molecule has 1 aromatic carbocycles. The zero-order valence-corrected chi connectivity index (χ0v) is 12.0. The first-order valence-corrected chi connectivity index (χ1v) is 6.54. The number of allylic oxidation sites excluding steroid dienone is 1. The number of benzene rings is 1. The molecule has 0 N–H and O–H groups in total. The van der Waals surface area contributed by atoms with E-state index in [9.17, 15) is 4.79 Å². The van der Waals surface area contributed by atoms with Crippen LogP contribution in [0.15, 0.2) is 36.5 Å². The second-order valence-electron chi connectivity index (χ2n) is 4.46. The van der Waals surface area contributed by atoms with Crippen LogP contribution in [0.2, 0.25) is 0 Å². The molecule has 0 saturated carbocycles. The summed E-state index contributed by atoms with van der Waals surface area (Å²) >= 11 is 0. The molecular weight excluding hydrogens is 252 g/mol. The lowest BCUT2D eigenvalue weighted by Crippen LogP contribution is -1.94. The minimum atomic E-state index is -0.0486. The molecule has 1 heterocycles. The number of aryl methyl sites for hydroxylation is 2. The van der Waals surface area contributed by atoms with E-state index in [1.165, 1.54) is 0 Å². The van der Waals surface area contributed by atoms with E-state index in [0.717, 1.165) is 17.8 Å². The predicted octanol–water partition coefficient (Wildman–Crippen LogP) is 3.12. The van der Waals surface area contributed by atoms with E-state index in [2.05, 4.69) is 5.10 Å². The molecule has 4 nitrogen and oxygen atoms in total. The summed E-state index contributed by atoms with van der Waals surface area (Å²) in [5.74, 6) is 0.631. The number of ether oxygens (including phenoxy) is 1. The van der Waals surface area contributed by atoms with Gasteiger partial charge in [-0.3, -0.25) is 9.48 Å². The van der Waals surface area contributed by atoms with Crippen molar-refractivity contribution in [2.24, 2.45) is 0 Å². The highest BCUT2D eigenvalue weighted by atomic mass is 16.5. The third-order valence-electron chi connectivity index (χ3n) is 3.08. The maximum absolute atomic E-state index is 12.1. The van der Waals surface area contributed by atoms with Gasteiger partial charge in [0.25, 0.3) is 0 Å². The number of rotatable bonds is 5. The first-order valence-electron chi connectivity index (χ1n) is 6.54. The van der Waals surface area contributed by atoms with Crippen molar-refractivity contribution in [1.29, 1.82) is 0 Å². The number of ketones is 1. The highest BCUT2D eigenvalue weighted by Gasteiger charge is 2.05. The van der Waals surface area contributed by atoms with Crippen molar-refractivity contribution in [3.05, 3.63) is 53.4 Å². The van der Waals surface area contributed by atoms with Gasteiger partial charge in [-0.2, -0.15) is 5.10 Å². The highest BCUT2D eigenvalue weighted by molar-refractivity contribution is 6.07. The van der Waals surface area contributed by atoms with Crippen LogP contribution in [0, 0.1) is 6.92 Å². The molecule has 0 radical (unpaired) electrons. The van der Waals surface area contributed by atoms with E-state index in [1.54, 1.807) is 37.5 Å². The van der Waals surface area contributed by atoms with Crippen LogP contribution in [0.1, 0.15) is 28.5 Å². The predicted molar refractivity (Wildman–Crippen MR) is 79.0 cm³/mol. The van der Waals surface area contributed by atoms with Gasteiger partial charge in [-0.25, -0.2) is 0 Å². The van der Waals surface area contributed by atoms with Crippen LogP contribution in [0.5, 0.6) is 5.75 Å². The molecule has 0 unspecified atom stereocenters. The smallest absolute Gasteiger partial charge is 0.185 e. The molecule has 0 bridgehead atoms. The van der Waals surface area contributed by atoms with Gasteiger partial charge in [-0.05, 0) is 38.1 Å². The molecule has 0 fully saturated rings. The third-order valence-corrected chi connectivity index (χ3v) is 3.08. The van der Waals surface area contributed by atoms with E-state index < -0.39 is 0 Å². The molecule has 104 valence electrons. The molecule has 1 aromatic heterocycles. The average molecular weight is 270 g/mol. The largest absolute Gasteiger partial charge is 0.497 e. The zero-order valence-electron chi connectivity index (χ0n) is 12.0. The lowest BCUT2D eigenvalue weighted by atomic mass is 10.1. The Morgan fingerprint density at radius 2 is 2.25 bits per heavy atom. The van der Waals surface area contributed by atoms with Crippen LogP contribution in [0.25, 0.3) is 6.08 Å². The summed E-state index contributed by atoms with van der Waals surface area (Å²) in [6.45, 7) is 4.78. The lowest BCUT2D eigenvalue weighted by molar-refractivity contribution is 0.104. The summed E-state index contributed by atoms with van der Waals surface area (Å²) in [6, 6.07) is 7.13. The molecule has 2 rings (SSSR count). The number of methoxy groups -OCH3 is 1. The first kappa shape index (κ1) is 14.1. The molecule has 0 aliphatic carbocycles. The Kier molecular flexibility index (Phi) is 4.35. The van der Waals surface area contributed by atoms with Gasteiger partial charge in [0.15, 0.2) is 5.78 Å². The summed E-state index contributed by atoms with van der Waals surface area (Å²) < 4.78 is 6.97. The van der Waals surface area contributed by atoms with Gasteiger partial charge in [0, 0.05) is 23.9 Å². The third kappa shape index (κ3) is 3.15. The number of carbonyl (C=O) groups is 1. The van der Waals surface area contributed by atoms with Crippen LogP contribution in [0.3, 0.4) is 0 Å². The molecule has 0 amide bonds. The van der Waals surface area contributed by atoms with Crippen molar-refractivity contribution in [1.82, 2.24) is 9.78 Å². The maximum atomic E-state index is 12.1. The molecule has 0 atom stereocenters. The van der Waals surface area contributed by atoms with Gasteiger partial charge in [0.05, 0.1) is 12.8 Å². The monoisotopic (exact) mass is 270 g/mol. The number of carbonyl (C=O) groups excluding carboxylic acids is 1. The molecule has 20 heavy (non-hydrogen) atoms. The Bertz CT molecular complexity index is 642. The standard InChI is InChI=1S/C16H18N2O2/c1-4-18-11-14(12(2)17-18)8-9-16(19)13-6-5-7-15(10-13)20-3/h5-11H,4H2,1-3H3/b9-8+. The van der Waals surface area contributed by atoms with E-state index in [1.807, 2.05) is 30.8 Å². The fourth-order valence-electron chi connectivity index (χ4n) is 1.90. The van der Waals surface area contributed by atoms with Crippen molar-refractivity contribution in [2.75, 3.05) is 7.11 Å². The normalized spacial score (nSPS) is 10.9.